The molecule has 11 rings (SSSR count). The summed E-state index contributed by atoms with van der Waals surface area (Å²) in [6.45, 7) is 2.42. The van der Waals surface area contributed by atoms with E-state index >= 15 is 0 Å². The van der Waals surface area contributed by atoms with E-state index in [0.717, 1.165) is 39.0 Å². The number of anilines is 3. The van der Waals surface area contributed by atoms with E-state index in [-0.39, 0.29) is 5.41 Å². The Kier molecular flexibility index (Phi) is 6.58. The third-order valence-electron chi connectivity index (χ3n) is 11.4. The Bertz CT molecular complexity index is 2980. The van der Waals surface area contributed by atoms with E-state index in [1.165, 1.54) is 59.1 Å². The average Bonchev–Trinajstić information content (AvgIpc) is 3.87. The fraction of sp³-hybridized carbons (Fsp3) is 0.0400. The lowest BCUT2D eigenvalue weighted by atomic mass is 9.74. The summed E-state index contributed by atoms with van der Waals surface area (Å²) in [6.07, 6.45) is 0. The Labute approximate surface area is 311 Å². The summed E-state index contributed by atoms with van der Waals surface area (Å²) in [5.74, 6) is 0. The van der Waals surface area contributed by atoms with Crippen LogP contribution >= 0.6 is 11.3 Å². The zero-order chi connectivity index (χ0) is 35.1. The molecule has 250 valence electrons. The van der Waals surface area contributed by atoms with Gasteiger partial charge in [-0.3, -0.25) is 0 Å². The molecule has 0 saturated carbocycles. The lowest BCUT2D eigenvalue weighted by molar-refractivity contribution is 0.669. The molecule has 2 aromatic heterocycles. The van der Waals surface area contributed by atoms with Crippen LogP contribution in [0.1, 0.15) is 23.6 Å². The van der Waals surface area contributed by atoms with Gasteiger partial charge in [0.1, 0.15) is 11.2 Å². The van der Waals surface area contributed by atoms with E-state index < -0.39 is 0 Å². The Hall–Kier alpha value is -6.42. The lowest BCUT2D eigenvalue weighted by Crippen LogP contribution is -2.23. The molecule has 3 heteroatoms. The number of hydrogen-bond donors (Lipinski definition) is 0. The molecule has 1 aliphatic rings. The zero-order valence-electron chi connectivity index (χ0n) is 29.1. The maximum atomic E-state index is 6.48. The smallest absolute Gasteiger partial charge is 0.137 e. The summed E-state index contributed by atoms with van der Waals surface area (Å²) in [5, 5.41) is 4.79. The molecule has 1 aliphatic carbocycles. The van der Waals surface area contributed by atoms with Crippen LogP contribution in [0, 0.1) is 0 Å². The third kappa shape index (κ3) is 4.44. The minimum absolute atomic E-state index is 0.319. The van der Waals surface area contributed by atoms with Crippen molar-refractivity contribution in [2.75, 3.05) is 4.90 Å². The fourth-order valence-electron chi connectivity index (χ4n) is 8.85. The molecule has 0 unspecified atom stereocenters. The molecular formula is C50H33NOS. The number of para-hydroxylation sites is 1. The van der Waals surface area contributed by atoms with Crippen LogP contribution in [0.5, 0.6) is 0 Å². The minimum atomic E-state index is -0.319. The molecule has 0 fully saturated rings. The van der Waals surface area contributed by atoms with Crippen LogP contribution < -0.4 is 4.90 Å². The number of thiophene rings is 1. The largest absolute Gasteiger partial charge is 0.456 e. The Balaban J connectivity index is 1.19. The highest BCUT2D eigenvalue weighted by Crippen LogP contribution is 2.56. The number of fused-ring (bicyclic) bond motifs is 9. The summed E-state index contributed by atoms with van der Waals surface area (Å²) >= 11 is 1.91. The maximum Gasteiger partial charge on any atom is 0.137 e. The molecule has 2 nitrogen and oxygen atoms in total. The predicted molar refractivity (Wildman–Crippen MR) is 224 cm³/mol. The predicted octanol–water partition coefficient (Wildman–Crippen LogP) is 14.4. The molecule has 0 amide bonds. The van der Waals surface area contributed by atoms with Crippen molar-refractivity contribution in [3.8, 4) is 22.3 Å². The first-order valence-corrected chi connectivity index (χ1v) is 19.0. The van der Waals surface area contributed by atoms with Gasteiger partial charge in [-0.05, 0) is 88.3 Å². The third-order valence-corrected chi connectivity index (χ3v) is 12.6. The Morgan fingerprint density at radius 2 is 1.08 bits per heavy atom. The normalized spacial score (nSPS) is 13.2. The van der Waals surface area contributed by atoms with E-state index in [1.54, 1.807) is 0 Å². The summed E-state index contributed by atoms with van der Waals surface area (Å²) < 4.78 is 9.07. The SMILES string of the molecule is CC1(c2ccc(N(c3ccc(-c4ccccc4)cc3)c3ccc4c(c3)oc3ccccc34)c3c2sc2ccccc23)c2ccccc2-c2ccccc21. The Morgan fingerprint density at radius 3 is 1.85 bits per heavy atom. The van der Waals surface area contributed by atoms with Gasteiger partial charge in [-0.25, -0.2) is 0 Å². The number of rotatable bonds is 5. The summed E-state index contributed by atoms with van der Waals surface area (Å²) in [4.78, 5) is 2.42. The molecule has 0 spiro atoms. The van der Waals surface area contributed by atoms with Gasteiger partial charge in [0.2, 0.25) is 0 Å². The highest BCUT2D eigenvalue weighted by molar-refractivity contribution is 7.26. The van der Waals surface area contributed by atoms with E-state index in [1.807, 2.05) is 17.4 Å². The molecule has 0 N–H and O–H groups in total. The van der Waals surface area contributed by atoms with Gasteiger partial charge in [-0.15, -0.1) is 11.3 Å². The number of nitrogens with zero attached hydrogens (tertiary/aromatic N) is 1. The monoisotopic (exact) mass is 695 g/mol. The van der Waals surface area contributed by atoms with Gasteiger partial charge in [0, 0.05) is 53.8 Å². The van der Waals surface area contributed by atoms with Gasteiger partial charge < -0.3 is 9.32 Å². The molecule has 10 aromatic rings. The topological polar surface area (TPSA) is 16.4 Å². The zero-order valence-corrected chi connectivity index (χ0v) is 29.9. The molecule has 53 heavy (non-hydrogen) atoms. The van der Waals surface area contributed by atoms with Gasteiger partial charge in [0.25, 0.3) is 0 Å². The second kappa shape index (κ2) is 11.5. The molecule has 0 atom stereocenters. The summed E-state index contributed by atoms with van der Waals surface area (Å²) in [5.41, 5.74) is 13.8. The van der Waals surface area contributed by atoms with E-state index in [9.17, 15) is 0 Å². The second-order valence-electron chi connectivity index (χ2n) is 14.2. The van der Waals surface area contributed by atoms with Crippen LogP contribution in [-0.4, -0.2) is 0 Å². The van der Waals surface area contributed by atoms with Gasteiger partial charge in [-0.2, -0.15) is 0 Å². The van der Waals surface area contributed by atoms with Gasteiger partial charge in [0.05, 0.1) is 5.69 Å². The number of benzene rings is 8. The first kappa shape index (κ1) is 30.2. The highest BCUT2D eigenvalue weighted by atomic mass is 32.1. The highest BCUT2D eigenvalue weighted by Gasteiger charge is 2.42. The van der Waals surface area contributed by atoms with Crippen LogP contribution in [0.4, 0.5) is 17.1 Å². The summed E-state index contributed by atoms with van der Waals surface area (Å²) in [6, 6.07) is 66.1. The van der Waals surface area contributed by atoms with Crippen LogP contribution in [0.25, 0.3) is 64.4 Å². The van der Waals surface area contributed by atoms with E-state index in [2.05, 4.69) is 188 Å². The molecular weight excluding hydrogens is 663 g/mol. The van der Waals surface area contributed by atoms with E-state index in [4.69, 9.17) is 4.42 Å². The van der Waals surface area contributed by atoms with Crippen molar-refractivity contribution in [1.29, 1.82) is 0 Å². The molecule has 0 aliphatic heterocycles. The first-order valence-electron chi connectivity index (χ1n) is 18.2. The van der Waals surface area contributed by atoms with Gasteiger partial charge in [0.15, 0.2) is 0 Å². The molecule has 2 heterocycles. The average molecular weight is 696 g/mol. The molecule has 0 radical (unpaired) electrons. The van der Waals surface area contributed by atoms with Crippen molar-refractivity contribution in [2.24, 2.45) is 0 Å². The van der Waals surface area contributed by atoms with Crippen molar-refractivity contribution < 1.29 is 4.42 Å². The van der Waals surface area contributed by atoms with Crippen LogP contribution in [0.2, 0.25) is 0 Å². The van der Waals surface area contributed by atoms with E-state index in [0.29, 0.717) is 0 Å². The summed E-state index contributed by atoms with van der Waals surface area (Å²) in [7, 11) is 0. The van der Waals surface area contributed by atoms with Gasteiger partial charge in [-0.1, -0.05) is 133 Å². The van der Waals surface area contributed by atoms with Crippen molar-refractivity contribution in [3.05, 3.63) is 199 Å². The van der Waals surface area contributed by atoms with Crippen molar-refractivity contribution in [2.45, 2.75) is 12.3 Å². The van der Waals surface area contributed by atoms with Crippen LogP contribution in [0.15, 0.2) is 186 Å². The standard InChI is InChI=1S/C50H33NOS/c1-50(41-19-9-5-15-36(41)37-16-6-10-20-42(37)50)43-29-30-44(48-40-18-8-12-22-47(40)53-49(43)48)51(34-25-23-33(24-26-34)32-13-3-2-4-14-32)35-27-28-39-38-17-7-11-21-45(38)52-46(39)31-35/h2-31H,1H3. The Morgan fingerprint density at radius 1 is 0.472 bits per heavy atom. The van der Waals surface area contributed by atoms with Crippen LogP contribution in [0.3, 0.4) is 0 Å². The maximum absolute atomic E-state index is 6.48. The lowest BCUT2D eigenvalue weighted by Gasteiger charge is -2.31. The van der Waals surface area contributed by atoms with Crippen LogP contribution in [-0.2, 0) is 5.41 Å². The molecule has 0 bridgehead atoms. The number of furan rings is 1. The second-order valence-corrected chi connectivity index (χ2v) is 15.2. The van der Waals surface area contributed by atoms with Crippen molar-refractivity contribution in [3.63, 3.8) is 0 Å². The molecule has 0 saturated heterocycles. The fourth-order valence-corrected chi connectivity index (χ4v) is 10.2. The molecule has 8 aromatic carbocycles. The minimum Gasteiger partial charge on any atom is -0.456 e. The van der Waals surface area contributed by atoms with Gasteiger partial charge >= 0.3 is 0 Å². The quantitative estimate of drug-likeness (QED) is 0.178. The first-order chi connectivity index (χ1) is 26.2. The van der Waals surface area contributed by atoms with Crippen molar-refractivity contribution >= 4 is 70.5 Å². The number of hydrogen-bond acceptors (Lipinski definition) is 3. The van der Waals surface area contributed by atoms with Crippen molar-refractivity contribution in [1.82, 2.24) is 0 Å².